The van der Waals surface area contributed by atoms with E-state index < -0.39 is 0 Å². The summed E-state index contributed by atoms with van der Waals surface area (Å²) in [7, 11) is 3.31. The van der Waals surface area contributed by atoms with Crippen LogP contribution in [-0.4, -0.2) is 20.4 Å². The van der Waals surface area contributed by atoms with Crippen molar-refractivity contribution < 1.29 is 9.47 Å². The number of rotatable bonds is 6. The summed E-state index contributed by atoms with van der Waals surface area (Å²) in [5.74, 6) is 1.65. The maximum atomic E-state index is 5.29. The fourth-order valence-corrected chi connectivity index (χ4v) is 2.42. The zero-order valence-electron chi connectivity index (χ0n) is 12.0. The lowest BCUT2D eigenvalue weighted by Crippen LogP contribution is -2.06. The molecule has 0 aliphatic carbocycles. The molecule has 21 heavy (non-hydrogen) atoms. The minimum absolute atomic E-state index is 0.609. The van der Waals surface area contributed by atoms with Crippen molar-refractivity contribution >= 4 is 22.1 Å². The third-order valence-electron chi connectivity index (χ3n) is 2.94. The highest BCUT2D eigenvalue weighted by Gasteiger charge is 2.00. The van der Waals surface area contributed by atoms with E-state index in [-0.39, 0.29) is 0 Å². The summed E-state index contributed by atoms with van der Waals surface area (Å²) in [5.41, 5.74) is 5.06. The van der Waals surface area contributed by atoms with Crippen LogP contribution < -0.4 is 14.9 Å². The van der Waals surface area contributed by atoms with Gasteiger partial charge in [0, 0.05) is 5.56 Å². The summed E-state index contributed by atoms with van der Waals surface area (Å²) in [6, 6.07) is 13.6. The van der Waals surface area contributed by atoms with Gasteiger partial charge in [-0.05, 0) is 45.8 Å². The molecular weight excluding hydrogens is 332 g/mol. The van der Waals surface area contributed by atoms with Crippen molar-refractivity contribution in [2.24, 2.45) is 5.10 Å². The zero-order valence-corrected chi connectivity index (χ0v) is 13.6. The number of nitrogens with one attached hydrogen (secondary N) is 1. The molecule has 2 rings (SSSR count). The highest BCUT2D eigenvalue weighted by atomic mass is 79.9. The summed E-state index contributed by atoms with van der Waals surface area (Å²) in [6.45, 7) is 0.609. The van der Waals surface area contributed by atoms with E-state index in [4.69, 9.17) is 9.47 Å². The third-order valence-corrected chi connectivity index (χ3v) is 3.56. The molecule has 0 aliphatic heterocycles. The Labute approximate surface area is 132 Å². The topological polar surface area (TPSA) is 42.8 Å². The molecule has 0 spiro atoms. The van der Waals surface area contributed by atoms with Crippen molar-refractivity contribution in [1.82, 2.24) is 5.43 Å². The Morgan fingerprint density at radius 3 is 2.57 bits per heavy atom. The molecular formula is C16H17BrN2O2. The lowest BCUT2D eigenvalue weighted by atomic mass is 10.2. The van der Waals surface area contributed by atoms with Crippen molar-refractivity contribution in [1.29, 1.82) is 0 Å². The first-order valence-electron chi connectivity index (χ1n) is 6.46. The fraction of sp³-hybridized carbons (Fsp3) is 0.188. The van der Waals surface area contributed by atoms with Gasteiger partial charge in [0.05, 0.1) is 31.5 Å². The number of hydrogen-bond acceptors (Lipinski definition) is 4. The van der Waals surface area contributed by atoms with E-state index in [9.17, 15) is 0 Å². The van der Waals surface area contributed by atoms with Crippen molar-refractivity contribution in [2.45, 2.75) is 6.54 Å². The van der Waals surface area contributed by atoms with Crippen molar-refractivity contribution in [3.63, 3.8) is 0 Å². The molecule has 0 aliphatic rings. The first-order valence-corrected chi connectivity index (χ1v) is 7.25. The molecule has 0 heterocycles. The normalized spacial score (nSPS) is 10.6. The van der Waals surface area contributed by atoms with Gasteiger partial charge in [-0.15, -0.1) is 0 Å². The van der Waals surface area contributed by atoms with Gasteiger partial charge in [-0.1, -0.05) is 18.2 Å². The average Bonchev–Trinajstić information content (AvgIpc) is 2.52. The minimum Gasteiger partial charge on any atom is -0.496 e. The number of halogens is 1. The second kappa shape index (κ2) is 7.69. The molecule has 0 saturated heterocycles. The smallest absolute Gasteiger partial charge is 0.133 e. The van der Waals surface area contributed by atoms with Gasteiger partial charge in [0.25, 0.3) is 0 Å². The molecule has 0 fully saturated rings. The van der Waals surface area contributed by atoms with Crippen LogP contribution in [0.4, 0.5) is 0 Å². The molecule has 110 valence electrons. The van der Waals surface area contributed by atoms with E-state index in [1.807, 2.05) is 42.5 Å². The van der Waals surface area contributed by atoms with Crippen LogP contribution in [0, 0.1) is 0 Å². The first-order chi connectivity index (χ1) is 10.2. The summed E-state index contributed by atoms with van der Waals surface area (Å²) in [5, 5.41) is 4.22. The predicted octanol–water partition coefficient (Wildman–Crippen LogP) is 3.59. The number of nitrogens with zero attached hydrogens (tertiary/aromatic N) is 1. The van der Waals surface area contributed by atoms with E-state index in [1.54, 1.807) is 20.4 Å². The van der Waals surface area contributed by atoms with Crippen LogP contribution in [0.25, 0.3) is 0 Å². The predicted molar refractivity (Wildman–Crippen MR) is 88.1 cm³/mol. The zero-order chi connectivity index (χ0) is 15.1. The number of para-hydroxylation sites is 1. The number of hydrogen-bond donors (Lipinski definition) is 1. The molecule has 0 aromatic heterocycles. The maximum absolute atomic E-state index is 5.29. The molecule has 0 saturated carbocycles. The van der Waals surface area contributed by atoms with Gasteiger partial charge in [0.15, 0.2) is 0 Å². The quantitative estimate of drug-likeness (QED) is 0.640. The van der Waals surface area contributed by atoms with Crippen LogP contribution in [0.5, 0.6) is 11.5 Å². The fourth-order valence-electron chi connectivity index (χ4n) is 1.86. The van der Waals surface area contributed by atoms with Gasteiger partial charge in [-0.2, -0.15) is 5.10 Å². The summed E-state index contributed by atoms with van der Waals surface area (Å²) >= 11 is 3.45. The van der Waals surface area contributed by atoms with Gasteiger partial charge in [0.2, 0.25) is 0 Å². The van der Waals surface area contributed by atoms with E-state index in [1.165, 1.54) is 0 Å². The van der Waals surface area contributed by atoms with Crippen molar-refractivity contribution in [3.05, 3.63) is 58.1 Å². The molecule has 0 bridgehead atoms. The molecule has 1 N–H and O–H groups in total. The Morgan fingerprint density at radius 1 is 1.10 bits per heavy atom. The van der Waals surface area contributed by atoms with Gasteiger partial charge in [-0.25, -0.2) is 0 Å². The molecule has 0 atom stereocenters. The third kappa shape index (κ3) is 4.23. The molecule has 0 radical (unpaired) electrons. The monoisotopic (exact) mass is 348 g/mol. The minimum atomic E-state index is 0.609. The van der Waals surface area contributed by atoms with Crippen molar-refractivity contribution in [2.75, 3.05) is 14.2 Å². The Bertz CT molecular complexity index is 629. The average molecular weight is 349 g/mol. The standard InChI is InChI=1S/C16H17BrN2O2/c1-20-15-6-4-3-5-13(15)11-19-18-10-12-7-8-16(21-2)14(17)9-12/h3-10,19H,11H2,1-2H3/b18-10-. The SMILES string of the molecule is COc1ccc(/C=N\NCc2ccccc2OC)cc1Br. The van der Waals surface area contributed by atoms with Gasteiger partial charge in [0.1, 0.15) is 11.5 Å². The van der Waals surface area contributed by atoms with Crippen LogP contribution in [0.1, 0.15) is 11.1 Å². The summed E-state index contributed by atoms with van der Waals surface area (Å²) in [4.78, 5) is 0. The molecule has 5 heteroatoms. The molecule has 0 amide bonds. The molecule has 2 aromatic carbocycles. The van der Waals surface area contributed by atoms with E-state index in [0.29, 0.717) is 6.54 Å². The number of benzene rings is 2. The highest BCUT2D eigenvalue weighted by Crippen LogP contribution is 2.24. The van der Waals surface area contributed by atoms with E-state index >= 15 is 0 Å². The number of methoxy groups -OCH3 is 2. The molecule has 0 unspecified atom stereocenters. The maximum Gasteiger partial charge on any atom is 0.133 e. The lowest BCUT2D eigenvalue weighted by Gasteiger charge is -2.07. The summed E-state index contributed by atoms with van der Waals surface area (Å²) in [6.07, 6.45) is 1.76. The van der Waals surface area contributed by atoms with Crippen molar-refractivity contribution in [3.8, 4) is 11.5 Å². The second-order valence-corrected chi connectivity index (χ2v) is 5.15. The molecule has 4 nitrogen and oxygen atoms in total. The Hall–Kier alpha value is -2.01. The second-order valence-electron chi connectivity index (χ2n) is 4.30. The van der Waals surface area contributed by atoms with E-state index in [2.05, 4.69) is 26.5 Å². The first kappa shape index (κ1) is 15.4. The van der Waals surface area contributed by atoms with Gasteiger partial charge >= 0.3 is 0 Å². The van der Waals surface area contributed by atoms with Crippen LogP contribution in [0.3, 0.4) is 0 Å². The van der Waals surface area contributed by atoms with Crippen LogP contribution in [-0.2, 0) is 6.54 Å². The Balaban J connectivity index is 1.95. The number of hydrazone groups is 1. The number of ether oxygens (including phenoxy) is 2. The van der Waals surface area contributed by atoms with Crippen LogP contribution >= 0.6 is 15.9 Å². The largest absolute Gasteiger partial charge is 0.496 e. The Morgan fingerprint density at radius 2 is 1.86 bits per heavy atom. The van der Waals surface area contributed by atoms with E-state index in [0.717, 1.165) is 27.1 Å². The van der Waals surface area contributed by atoms with Crippen LogP contribution in [0.2, 0.25) is 0 Å². The van der Waals surface area contributed by atoms with Gasteiger partial charge in [-0.3, -0.25) is 0 Å². The van der Waals surface area contributed by atoms with Gasteiger partial charge < -0.3 is 14.9 Å². The summed E-state index contributed by atoms with van der Waals surface area (Å²) < 4.78 is 11.4. The molecule has 2 aromatic rings. The lowest BCUT2D eigenvalue weighted by molar-refractivity contribution is 0.408. The van der Waals surface area contributed by atoms with Crippen LogP contribution in [0.15, 0.2) is 52.0 Å². The highest BCUT2D eigenvalue weighted by molar-refractivity contribution is 9.10. The Kier molecular flexibility index (Phi) is 5.63.